The molecule has 0 aliphatic rings. The summed E-state index contributed by atoms with van der Waals surface area (Å²) in [5.41, 5.74) is 2.16. The molecule has 0 saturated carbocycles. The Morgan fingerprint density at radius 3 is 2.70 bits per heavy atom. The summed E-state index contributed by atoms with van der Waals surface area (Å²) in [6.45, 7) is 1.95. The van der Waals surface area contributed by atoms with E-state index in [9.17, 15) is 4.79 Å². The second-order valence-corrected chi connectivity index (χ2v) is 5.60. The summed E-state index contributed by atoms with van der Waals surface area (Å²) in [5.74, 6) is -0.143. The number of halogens is 1. The van der Waals surface area contributed by atoms with Gasteiger partial charge in [0.1, 0.15) is 11.4 Å². The van der Waals surface area contributed by atoms with E-state index >= 15 is 0 Å². The van der Waals surface area contributed by atoms with Gasteiger partial charge < -0.3 is 0 Å². The molecule has 0 bridgehead atoms. The SMILES string of the molecule is C.CC(c1cccc(Cl)c1)c1nn(-c2cnn(C)c2)ccc1=O. The highest BCUT2D eigenvalue weighted by Crippen LogP contribution is 2.23. The van der Waals surface area contributed by atoms with Crippen LogP contribution in [0.5, 0.6) is 0 Å². The van der Waals surface area contributed by atoms with Crippen LogP contribution in [0, 0.1) is 0 Å². The number of hydrogen-bond acceptors (Lipinski definition) is 3. The minimum atomic E-state index is -0.143. The maximum Gasteiger partial charge on any atom is 0.203 e. The quantitative estimate of drug-likeness (QED) is 0.739. The molecule has 0 N–H and O–H groups in total. The van der Waals surface area contributed by atoms with E-state index in [0.29, 0.717) is 10.7 Å². The smallest absolute Gasteiger partial charge is 0.203 e. The number of hydrogen-bond donors (Lipinski definition) is 0. The van der Waals surface area contributed by atoms with Crippen LogP contribution in [0.3, 0.4) is 0 Å². The highest BCUT2D eigenvalue weighted by Gasteiger charge is 2.15. The van der Waals surface area contributed by atoms with Crippen LogP contribution in [-0.2, 0) is 7.05 Å². The van der Waals surface area contributed by atoms with Crippen LogP contribution < -0.4 is 5.43 Å². The predicted molar refractivity (Wildman–Crippen MR) is 92.3 cm³/mol. The first-order chi connectivity index (χ1) is 10.5. The van der Waals surface area contributed by atoms with Gasteiger partial charge >= 0.3 is 0 Å². The van der Waals surface area contributed by atoms with Crippen LogP contribution in [0.2, 0.25) is 5.02 Å². The molecule has 2 heterocycles. The standard InChI is InChI=1S/C16H15ClN4O.CH4/c1-11(12-4-3-5-13(17)8-12)16-15(22)6-7-21(19-16)14-9-18-20(2)10-14;/h3-11H,1-2H3;1H4. The van der Waals surface area contributed by atoms with Gasteiger partial charge in [0.15, 0.2) is 0 Å². The summed E-state index contributed by atoms with van der Waals surface area (Å²) in [7, 11) is 1.83. The van der Waals surface area contributed by atoms with Gasteiger partial charge in [-0.25, -0.2) is 4.68 Å². The lowest BCUT2D eigenvalue weighted by molar-refractivity contribution is 0.738. The third-order valence-corrected chi connectivity index (χ3v) is 3.78. The second-order valence-electron chi connectivity index (χ2n) is 5.16. The Labute approximate surface area is 140 Å². The number of benzene rings is 1. The zero-order valence-electron chi connectivity index (χ0n) is 12.3. The molecule has 2 aromatic heterocycles. The van der Waals surface area contributed by atoms with E-state index in [2.05, 4.69) is 10.2 Å². The van der Waals surface area contributed by atoms with Crippen molar-refractivity contribution in [3.63, 3.8) is 0 Å². The van der Waals surface area contributed by atoms with Gasteiger partial charge in [-0.1, -0.05) is 38.1 Å². The van der Waals surface area contributed by atoms with Gasteiger partial charge in [0, 0.05) is 30.3 Å². The van der Waals surface area contributed by atoms with Crippen molar-refractivity contribution in [1.29, 1.82) is 0 Å². The van der Waals surface area contributed by atoms with Gasteiger partial charge in [-0.05, 0) is 17.7 Å². The van der Waals surface area contributed by atoms with Crippen LogP contribution >= 0.6 is 11.6 Å². The monoisotopic (exact) mass is 330 g/mol. The summed E-state index contributed by atoms with van der Waals surface area (Å²) in [4.78, 5) is 12.2. The van der Waals surface area contributed by atoms with Crippen molar-refractivity contribution in [2.24, 2.45) is 7.05 Å². The molecule has 0 aliphatic heterocycles. The minimum absolute atomic E-state index is 0. The molecule has 5 nitrogen and oxygen atoms in total. The Kier molecular flexibility index (Phi) is 5.01. The van der Waals surface area contributed by atoms with Crippen LogP contribution in [0.4, 0.5) is 0 Å². The first-order valence-electron chi connectivity index (χ1n) is 6.89. The number of aryl methyl sites for hydroxylation is 1. The van der Waals surface area contributed by atoms with Crippen molar-refractivity contribution in [3.8, 4) is 5.69 Å². The fourth-order valence-corrected chi connectivity index (χ4v) is 2.53. The first kappa shape index (κ1) is 17.0. The van der Waals surface area contributed by atoms with E-state index in [4.69, 9.17) is 11.6 Å². The van der Waals surface area contributed by atoms with Crippen LogP contribution in [0.15, 0.2) is 53.7 Å². The second kappa shape index (κ2) is 6.79. The van der Waals surface area contributed by atoms with Gasteiger partial charge in [0.2, 0.25) is 5.43 Å². The Hall–Kier alpha value is -2.40. The lowest BCUT2D eigenvalue weighted by Gasteiger charge is -2.12. The summed E-state index contributed by atoms with van der Waals surface area (Å²) in [5, 5.41) is 9.24. The van der Waals surface area contributed by atoms with Gasteiger partial charge in [0.05, 0.1) is 12.4 Å². The third kappa shape index (κ3) is 3.51. The Morgan fingerprint density at radius 2 is 2.04 bits per heavy atom. The van der Waals surface area contributed by atoms with Crippen molar-refractivity contribution in [2.75, 3.05) is 0 Å². The predicted octanol–water partition coefficient (Wildman–Crippen LogP) is 3.41. The molecule has 1 atom stereocenters. The number of nitrogens with zero attached hydrogens (tertiary/aromatic N) is 4. The van der Waals surface area contributed by atoms with Crippen LogP contribution in [0.1, 0.15) is 31.5 Å². The molecule has 120 valence electrons. The molecule has 1 aromatic carbocycles. The molecule has 3 rings (SSSR count). The van der Waals surface area contributed by atoms with E-state index in [1.54, 1.807) is 21.8 Å². The zero-order valence-corrected chi connectivity index (χ0v) is 13.0. The lowest BCUT2D eigenvalue weighted by Crippen LogP contribution is -2.18. The minimum Gasteiger partial charge on any atom is -0.288 e. The maximum atomic E-state index is 12.2. The molecule has 0 fully saturated rings. The largest absolute Gasteiger partial charge is 0.288 e. The van der Waals surface area contributed by atoms with Crippen molar-refractivity contribution < 1.29 is 0 Å². The maximum absolute atomic E-state index is 12.2. The average molecular weight is 331 g/mol. The molecule has 1 unspecified atom stereocenters. The van der Waals surface area contributed by atoms with Gasteiger partial charge in [-0.2, -0.15) is 10.2 Å². The van der Waals surface area contributed by atoms with E-state index < -0.39 is 0 Å². The molecule has 6 heteroatoms. The molecule has 0 spiro atoms. The van der Waals surface area contributed by atoms with Crippen molar-refractivity contribution in [3.05, 3.63) is 75.4 Å². The summed E-state index contributed by atoms with van der Waals surface area (Å²) in [6, 6.07) is 9.01. The van der Waals surface area contributed by atoms with Crippen LogP contribution in [0.25, 0.3) is 5.69 Å². The highest BCUT2D eigenvalue weighted by atomic mass is 35.5. The topological polar surface area (TPSA) is 52.7 Å². The molecule has 3 aromatic rings. The van der Waals surface area contributed by atoms with Crippen molar-refractivity contribution >= 4 is 11.6 Å². The Balaban J connectivity index is 0.00000192. The normalized spacial score (nSPS) is 11.8. The van der Waals surface area contributed by atoms with E-state index in [-0.39, 0.29) is 18.8 Å². The summed E-state index contributed by atoms with van der Waals surface area (Å²) in [6.07, 6.45) is 5.18. The lowest BCUT2D eigenvalue weighted by atomic mass is 9.97. The van der Waals surface area contributed by atoms with E-state index in [0.717, 1.165) is 11.3 Å². The Bertz CT molecular complexity index is 869. The molecule has 0 aliphatic carbocycles. The highest BCUT2D eigenvalue weighted by molar-refractivity contribution is 6.30. The zero-order chi connectivity index (χ0) is 15.7. The first-order valence-corrected chi connectivity index (χ1v) is 7.27. The van der Waals surface area contributed by atoms with Gasteiger partial charge in [0.25, 0.3) is 0 Å². The summed E-state index contributed by atoms with van der Waals surface area (Å²) < 4.78 is 3.35. The molecule has 23 heavy (non-hydrogen) atoms. The summed E-state index contributed by atoms with van der Waals surface area (Å²) >= 11 is 6.03. The molecular formula is C17H19ClN4O. The van der Waals surface area contributed by atoms with E-state index in [1.807, 2.05) is 44.4 Å². The van der Waals surface area contributed by atoms with Crippen LogP contribution in [-0.4, -0.2) is 19.6 Å². The number of aromatic nitrogens is 4. The molecule has 0 amide bonds. The Morgan fingerprint density at radius 1 is 1.26 bits per heavy atom. The fraction of sp³-hybridized carbons (Fsp3) is 0.235. The molecular weight excluding hydrogens is 312 g/mol. The average Bonchev–Trinajstić information content (AvgIpc) is 2.93. The number of rotatable bonds is 3. The van der Waals surface area contributed by atoms with E-state index in [1.165, 1.54) is 6.07 Å². The van der Waals surface area contributed by atoms with Gasteiger partial charge in [-0.3, -0.25) is 9.48 Å². The van der Waals surface area contributed by atoms with Crippen molar-refractivity contribution in [1.82, 2.24) is 19.6 Å². The molecule has 0 saturated heterocycles. The fourth-order valence-electron chi connectivity index (χ4n) is 2.33. The van der Waals surface area contributed by atoms with Crippen molar-refractivity contribution in [2.45, 2.75) is 20.3 Å². The van der Waals surface area contributed by atoms with Gasteiger partial charge in [-0.15, -0.1) is 0 Å². The molecule has 0 radical (unpaired) electrons. The third-order valence-electron chi connectivity index (χ3n) is 3.55.